The number of anilines is 1. The molecule has 0 radical (unpaired) electrons. The number of nitrogens with one attached hydrogen (secondary N) is 2. The number of rotatable bonds is 8. The molecule has 3 heterocycles. The van der Waals surface area contributed by atoms with Gasteiger partial charge in [-0.05, 0) is 57.6 Å². The lowest BCUT2D eigenvalue weighted by Crippen LogP contribution is -2.29. The van der Waals surface area contributed by atoms with Crippen LogP contribution in [0.1, 0.15) is 80.9 Å². The van der Waals surface area contributed by atoms with Crippen LogP contribution in [-0.4, -0.2) is 52.1 Å². The van der Waals surface area contributed by atoms with Crippen molar-refractivity contribution in [3.8, 4) is 17.1 Å². The van der Waals surface area contributed by atoms with Crippen LogP contribution in [0.3, 0.4) is 0 Å². The van der Waals surface area contributed by atoms with E-state index in [0.717, 1.165) is 44.2 Å². The second kappa shape index (κ2) is 11.3. The van der Waals surface area contributed by atoms with E-state index in [2.05, 4.69) is 30.6 Å². The Balaban J connectivity index is 1.30. The molecule has 2 saturated carbocycles. The summed E-state index contributed by atoms with van der Waals surface area (Å²) in [5.74, 6) is 0.741. The van der Waals surface area contributed by atoms with Crippen molar-refractivity contribution < 1.29 is 14.6 Å². The van der Waals surface area contributed by atoms with E-state index in [9.17, 15) is 14.7 Å². The molecular formula is C26H34N8O4. The van der Waals surface area contributed by atoms with Gasteiger partial charge in [-0.3, -0.25) is 9.78 Å². The maximum Gasteiger partial charge on any atom is 0.349 e. The Hall–Kier alpha value is -3.83. The molecule has 2 aliphatic rings. The summed E-state index contributed by atoms with van der Waals surface area (Å²) in [5.41, 5.74) is 2.30. The number of carbonyl (C=O) groups is 1. The summed E-state index contributed by atoms with van der Waals surface area (Å²) >= 11 is 0. The van der Waals surface area contributed by atoms with Crippen LogP contribution in [0.25, 0.3) is 11.4 Å². The largest absolute Gasteiger partial charge is 0.489 e. The van der Waals surface area contributed by atoms with E-state index < -0.39 is 11.7 Å². The smallest absolute Gasteiger partial charge is 0.349 e. The molecule has 12 heteroatoms. The van der Waals surface area contributed by atoms with Crippen molar-refractivity contribution in [1.82, 2.24) is 34.9 Å². The number of aryl methyl sites for hydroxylation is 2. The van der Waals surface area contributed by atoms with Gasteiger partial charge >= 0.3 is 11.7 Å². The average Bonchev–Trinajstić information content (AvgIpc) is 3.29. The highest BCUT2D eigenvalue weighted by Gasteiger charge is 2.28. The Kier molecular flexibility index (Phi) is 7.66. The molecule has 0 spiro atoms. The van der Waals surface area contributed by atoms with E-state index in [4.69, 9.17) is 9.72 Å². The lowest BCUT2D eigenvalue weighted by molar-refractivity contribution is -0.143. The molecule has 0 bridgehead atoms. The topological polar surface area (TPSA) is 161 Å². The highest BCUT2D eigenvalue weighted by molar-refractivity contribution is 5.70. The van der Waals surface area contributed by atoms with Crippen LogP contribution < -0.4 is 15.7 Å². The summed E-state index contributed by atoms with van der Waals surface area (Å²) in [6.45, 7) is 2.17. The summed E-state index contributed by atoms with van der Waals surface area (Å²) < 4.78 is 7.80. The number of aromatic amines is 1. The molecule has 2 fully saturated rings. The van der Waals surface area contributed by atoms with Gasteiger partial charge in [0.2, 0.25) is 5.95 Å². The first-order chi connectivity index (χ1) is 18.4. The normalized spacial score (nSPS) is 20.3. The number of carboxylic acid groups (broad SMARTS) is 1. The summed E-state index contributed by atoms with van der Waals surface area (Å²) in [7, 11) is 1.80. The van der Waals surface area contributed by atoms with Gasteiger partial charge < -0.3 is 15.2 Å². The Bertz CT molecular complexity index is 1350. The number of hydrogen-bond acceptors (Lipinski definition) is 9. The van der Waals surface area contributed by atoms with E-state index >= 15 is 0 Å². The molecule has 2 aliphatic carbocycles. The van der Waals surface area contributed by atoms with Crippen molar-refractivity contribution in [2.24, 2.45) is 13.0 Å². The van der Waals surface area contributed by atoms with E-state index in [1.165, 1.54) is 6.42 Å². The number of H-pyrrole nitrogens is 1. The fraction of sp³-hybridized carbons (Fsp3) is 0.577. The van der Waals surface area contributed by atoms with E-state index in [0.29, 0.717) is 48.0 Å². The molecule has 202 valence electrons. The van der Waals surface area contributed by atoms with Crippen molar-refractivity contribution >= 4 is 11.9 Å². The van der Waals surface area contributed by atoms with Gasteiger partial charge in [-0.25, -0.2) is 14.5 Å². The summed E-state index contributed by atoms with van der Waals surface area (Å²) in [6.07, 6.45) is 8.27. The van der Waals surface area contributed by atoms with Gasteiger partial charge in [-0.15, -0.1) is 5.10 Å². The zero-order chi connectivity index (χ0) is 26.6. The first kappa shape index (κ1) is 25.8. The minimum atomic E-state index is -0.761. The average molecular weight is 523 g/mol. The molecule has 2 atom stereocenters. The molecule has 0 unspecified atom stereocenters. The number of pyridine rings is 1. The molecule has 0 aliphatic heterocycles. The zero-order valence-corrected chi connectivity index (χ0v) is 21.8. The molecule has 0 aromatic carbocycles. The number of ether oxygens (including phenoxy) is 1. The molecule has 0 amide bonds. The Morgan fingerprint density at radius 2 is 1.95 bits per heavy atom. The minimum absolute atomic E-state index is 0.139. The van der Waals surface area contributed by atoms with Gasteiger partial charge in [-0.1, -0.05) is 24.5 Å². The van der Waals surface area contributed by atoms with Gasteiger partial charge in [-0.2, -0.15) is 9.97 Å². The Morgan fingerprint density at radius 3 is 2.71 bits per heavy atom. The zero-order valence-electron chi connectivity index (χ0n) is 21.8. The summed E-state index contributed by atoms with van der Waals surface area (Å²) in [5, 5.41) is 21.0. The second-order valence-corrected chi connectivity index (χ2v) is 10.3. The van der Waals surface area contributed by atoms with Gasteiger partial charge in [0, 0.05) is 13.0 Å². The molecule has 3 aromatic heterocycles. The number of hydrogen-bond donors (Lipinski definition) is 3. The minimum Gasteiger partial charge on any atom is -0.489 e. The third kappa shape index (κ3) is 5.84. The van der Waals surface area contributed by atoms with Crippen LogP contribution in [0, 0.1) is 12.8 Å². The van der Waals surface area contributed by atoms with Gasteiger partial charge in [0.05, 0.1) is 35.6 Å². The Morgan fingerprint density at radius 1 is 1.13 bits per heavy atom. The molecule has 38 heavy (non-hydrogen) atoms. The molecule has 0 saturated heterocycles. The van der Waals surface area contributed by atoms with Crippen molar-refractivity contribution in [3.05, 3.63) is 39.8 Å². The predicted octanol–water partition coefficient (Wildman–Crippen LogP) is 3.35. The highest BCUT2D eigenvalue weighted by atomic mass is 16.5. The third-order valence-electron chi connectivity index (χ3n) is 7.57. The maximum atomic E-state index is 12.2. The predicted molar refractivity (Wildman–Crippen MR) is 139 cm³/mol. The second-order valence-electron chi connectivity index (χ2n) is 10.3. The first-order valence-electron chi connectivity index (χ1n) is 13.4. The highest BCUT2D eigenvalue weighted by Crippen LogP contribution is 2.32. The SMILES string of the molecule is Cc1nc(-c2nnn(C)c2CNc2nc(C3CCCCC3)[nH]c(=O)n2)ccc1O[C@H]1CCC[C@H](C(=O)O)C1. The lowest BCUT2D eigenvalue weighted by atomic mass is 9.87. The quantitative estimate of drug-likeness (QED) is 0.400. The summed E-state index contributed by atoms with van der Waals surface area (Å²) in [4.78, 5) is 39.7. The molecule has 3 aromatic rings. The van der Waals surface area contributed by atoms with Crippen molar-refractivity contribution in [3.63, 3.8) is 0 Å². The Labute approximate surface area is 220 Å². The number of aliphatic carboxylic acids is 1. The molecule has 5 rings (SSSR count). The van der Waals surface area contributed by atoms with Gasteiger partial charge in [0.25, 0.3) is 0 Å². The van der Waals surface area contributed by atoms with Crippen LogP contribution >= 0.6 is 0 Å². The fourth-order valence-corrected chi connectivity index (χ4v) is 5.45. The molecule has 12 nitrogen and oxygen atoms in total. The van der Waals surface area contributed by atoms with Gasteiger partial charge in [0.1, 0.15) is 17.3 Å². The number of nitrogens with zero attached hydrogens (tertiary/aromatic N) is 6. The third-order valence-corrected chi connectivity index (χ3v) is 7.57. The number of aromatic nitrogens is 7. The van der Waals surface area contributed by atoms with E-state index in [1.54, 1.807) is 11.7 Å². The van der Waals surface area contributed by atoms with Crippen LogP contribution in [0.5, 0.6) is 5.75 Å². The maximum absolute atomic E-state index is 12.2. The van der Waals surface area contributed by atoms with Crippen LogP contribution in [0.15, 0.2) is 16.9 Å². The fourth-order valence-electron chi connectivity index (χ4n) is 5.45. The van der Waals surface area contributed by atoms with Gasteiger partial charge in [0.15, 0.2) is 0 Å². The summed E-state index contributed by atoms with van der Waals surface area (Å²) in [6, 6.07) is 3.68. The van der Waals surface area contributed by atoms with Crippen molar-refractivity contribution in [2.45, 2.75) is 83.3 Å². The van der Waals surface area contributed by atoms with Crippen LogP contribution in [-0.2, 0) is 18.4 Å². The van der Waals surface area contributed by atoms with E-state index in [1.807, 2.05) is 19.1 Å². The monoisotopic (exact) mass is 522 g/mol. The van der Waals surface area contributed by atoms with Crippen molar-refractivity contribution in [2.75, 3.05) is 5.32 Å². The van der Waals surface area contributed by atoms with Crippen LogP contribution in [0.4, 0.5) is 5.95 Å². The lowest BCUT2D eigenvalue weighted by Gasteiger charge is -2.27. The van der Waals surface area contributed by atoms with E-state index in [-0.39, 0.29) is 23.9 Å². The number of carboxylic acids is 1. The van der Waals surface area contributed by atoms with Crippen molar-refractivity contribution in [1.29, 1.82) is 0 Å². The molecular weight excluding hydrogens is 488 g/mol. The molecule has 3 N–H and O–H groups in total. The standard InChI is InChI=1S/C26H34N8O4/c1-15-21(38-18-10-6-9-17(13-18)24(35)36)12-11-19(28-15)22-20(34(2)33-32-22)14-27-25-29-23(30-26(37)31-25)16-7-4-3-5-8-16/h11-12,16-18H,3-10,13-14H2,1-2H3,(H,35,36)(H2,27,29,30,31,37)/t17-,18-/m0/s1. The first-order valence-corrected chi connectivity index (χ1v) is 13.4. The van der Waals surface area contributed by atoms with Crippen LogP contribution in [0.2, 0.25) is 0 Å².